The van der Waals surface area contributed by atoms with Gasteiger partial charge in [0.2, 0.25) is 0 Å². The van der Waals surface area contributed by atoms with Crippen molar-refractivity contribution in [2.24, 2.45) is 5.92 Å². The van der Waals surface area contributed by atoms with E-state index in [-0.39, 0.29) is 5.92 Å². The molecule has 0 bridgehead atoms. The molecule has 1 aliphatic carbocycles. The van der Waals surface area contributed by atoms with Crippen LogP contribution in [0, 0.1) is 28.6 Å². The van der Waals surface area contributed by atoms with E-state index in [1.807, 2.05) is 36.4 Å². The minimum atomic E-state index is -0.682. The lowest BCUT2D eigenvalue weighted by atomic mass is 9.86. The number of hydrogen-bond acceptors (Lipinski definition) is 2. The minimum Gasteiger partial charge on any atom is -0.197 e. The first kappa shape index (κ1) is 13.4. The van der Waals surface area contributed by atoms with E-state index in [1.54, 1.807) is 0 Å². The molecule has 0 fully saturated rings. The Balaban J connectivity index is 2.31. The number of rotatable bonds is 1. The molecule has 0 atom stereocenters. The molecule has 0 aliphatic heterocycles. The Kier molecular flexibility index (Phi) is 3.38. The van der Waals surface area contributed by atoms with Gasteiger partial charge in [-0.25, -0.2) is 0 Å². The zero-order chi connectivity index (χ0) is 14.3. The van der Waals surface area contributed by atoms with Gasteiger partial charge in [0.05, 0.1) is 12.1 Å². The van der Waals surface area contributed by atoms with Gasteiger partial charge in [-0.1, -0.05) is 44.0 Å². The van der Waals surface area contributed by atoms with E-state index in [2.05, 4.69) is 44.0 Å². The monoisotopic (exact) mass is 386 g/mol. The zero-order valence-electron chi connectivity index (χ0n) is 10.3. The topological polar surface area (TPSA) is 47.6 Å². The van der Waals surface area contributed by atoms with Gasteiger partial charge in [0.15, 0.2) is 0 Å². The number of halogens is 2. The number of fused-ring (bicyclic) bond motifs is 3. The van der Waals surface area contributed by atoms with E-state index in [4.69, 9.17) is 0 Å². The van der Waals surface area contributed by atoms with E-state index in [1.165, 1.54) is 0 Å². The SMILES string of the molecule is N#CC(C#N)C1c2cc(Br)ccc2-c2ccc(Br)cc21. The Bertz CT molecular complexity index is 719. The summed E-state index contributed by atoms with van der Waals surface area (Å²) in [4.78, 5) is 0. The molecule has 4 heteroatoms. The third-order valence-electron chi connectivity index (χ3n) is 3.60. The Morgan fingerprint density at radius 3 is 1.70 bits per heavy atom. The van der Waals surface area contributed by atoms with Crippen molar-refractivity contribution in [2.75, 3.05) is 0 Å². The standard InChI is InChI=1S/C16H8Br2N2/c17-10-1-3-12-13-4-2-11(18)6-15(13)16(14(12)5-10)9(7-19)8-20/h1-6,9,16H. The van der Waals surface area contributed by atoms with Crippen LogP contribution >= 0.6 is 31.9 Å². The maximum atomic E-state index is 9.28. The summed E-state index contributed by atoms with van der Waals surface area (Å²) in [6, 6.07) is 16.3. The molecule has 1 aliphatic rings. The number of nitrogens with zero attached hydrogens (tertiary/aromatic N) is 2. The van der Waals surface area contributed by atoms with Crippen molar-refractivity contribution < 1.29 is 0 Å². The lowest BCUT2D eigenvalue weighted by Crippen LogP contribution is -2.08. The van der Waals surface area contributed by atoms with Crippen molar-refractivity contribution >= 4 is 31.9 Å². The maximum Gasteiger partial charge on any atom is 0.144 e. The van der Waals surface area contributed by atoms with Crippen LogP contribution in [0.4, 0.5) is 0 Å². The Hall–Kier alpha value is -1.62. The molecule has 2 aromatic carbocycles. The van der Waals surface area contributed by atoms with Gasteiger partial charge in [-0.3, -0.25) is 0 Å². The third-order valence-corrected chi connectivity index (χ3v) is 4.59. The first-order valence-electron chi connectivity index (χ1n) is 6.04. The van der Waals surface area contributed by atoms with E-state index in [0.717, 1.165) is 31.2 Å². The van der Waals surface area contributed by atoms with Crippen molar-refractivity contribution in [3.05, 3.63) is 56.5 Å². The highest BCUT2D eigenvalue weighted by atomic mass is 79.9. The highest BCUT2D eigenvalue weighted by Gasteiger charge is 2.35. The van der Waals surface area contributed by atoms with Gasteiger partial charge in [-0.15, -0.1) is 0 Å². The molecule has 0 spiro atoms. The van der Waals surface area contributed by atoms with Crippen LogP contribution in [0.3, 0.4) is 0 Å². The van der Waals surface area contributed by atoms with Crippen LogP contribution in [0.5, 0.6) is 0 Å². The Morgan fingerprint density at radius 1 is 0.850 bits per heavy atom. The smallest absolute Gasteiger partial charge is 0.144 e. The Labute approximate surface area is 133 Å². The maximum absolute atomic E-state index is 9.28. The molecule has 0 aromatic heterocycles. The fourth-order valence-electron chi connectivity index (χ4n) is 2.78. The molecule has 0 saturated carbocycles. The summed E-state index contributed by atoms with van der Waals surface area (Å²) < 4.78 is 1.92. The van der Waals surface area contributed by atoms with Crippen molar-refractivity contribution in [3.63, 3.8) is 0 Å². The third kappa shape index (κ3) is 1.97. The summed E-state index contributed by atoms with van der Waals surface area (Å²) in [5.41, 5.74) is 4.30. The summed E-state index contributed by atoms with van der Waals surface area (Å²) in [6.07, 6.45) is 0. The molecule has 0 amide bonds. The highest BCUT2D eigenvalue weighted by molar-refractivity contribution is 9.10. The van der Waals surface area contributed by atoms with Crippen LogP contribution in [0.15, 0.2) is 45.3 Å². The van der Waals surface area contributed by atoms with Crippen LogP contribution in [-0.4, -0.2) is 0 Å². The van der Waals surface area contributed by atoms with Crippen LogP contribution in [0.25, 0.3) is 11.1 Å². The predicted molar refractivity (Wildman–Crippen MR) is 83.8 cm³/mol. The number of benzene rings is 2. The molecular formula is C16H8Br2N2. The number of nitriles is 2. The van der Waals surface area contributed by atoms with Gasteiger partial charge < -0.3 is 0 Å². The second kappa shape index (κ2) is 5.05. The fourth-order valence-corrected chi connectivity index (χ4v) is 3.53. The summed E-state index contributed by atoms with van der Waals surface area (Å²) in [5, 5.41) is 18.6. The lowest BCUT2D eigenvalue weighted by Gasteiger charge is -2.14. The first-order valence-corrected chi connectivity index (χ1v) is 7.63. The van der Waals surface area contributed by atoms with Crippen LogP contribution in [0.1, 0.15) is 17.0 Å². The van der Waals surface area contributed by atoms with E-state index in [0.29, 0.717) is 0 Å². The van der Waals surface area contributed by atoms with E-state index < -0.39 is 5.92 Å². The fraction of sp³-hybridized carbons (Fsp3) is 0.125. The second-order valence-electron chi connectivity index (χ2n) is 4.68. The molecule has 2 aromatic rings. The summed E-state index contributed by atoms with van der Waals surface area (Å²) in [7, 11) is 0. The molecule has 0 radical (unpaired) electrons. The molecule has 0 heterocycles. The van der Waals surface area contributed by atoms with Crippen molar-refractivity contribution in [1.29, 1.82) is 10.5 Å². The molecule has 0 N–H and O–H groups in total. The minimum absolute atomic E-state index is 0.190. The van der Waals surface area contributed by atoms with E-state index in [9.17, 15) is 10.5 Å². The molecule has 0 unspecified atom stereocenters. The van der Waals surface area contributed by atoms with Crippen LogP contribution < -0.4 is 0 Å². The molecule has 20 heavy (non-hydrogen) atoms. The van der Waals surface area contributed by atoms with Gasteiger partial charge in [-0.05, 0) is 46.5 Å². The average molecular weight is 388 g/mol. The summed E-state index contributed by atoms with van der Waals surface area (Å²) in [6.45, 7) is 0. The zero-order valence-corrected chi connectivity index (χ0v) is 13.4. The van der Waals surface area contributed by atoms with Gasteiger partial charge in [0, 0.05) is 14.9 Å². The lowest BCUT2D eigenvalue weighted by molar-refractivity contribution is 0.724. The molecule has 3 rings (SSSR count). The molecule has 2 nitrogen and oxygen atoms in total. The Morgan fingerprint density at radius 2 is 1.30 bits per heavy atom. The van der Waals surface area contributed by atoms with Crippen molar-refractivity contribution in [2.45, 2.75) is 5.92 Å². The number of hydrogen-bond donors (Lipinski definition) is 0. The van der Waals surface area contributed by atoms with Gasteiger partial charge in [0.25, 0.3) is 0 Å². The van der Waals surface area contributed by atoms with Crippen LogP contribution in [-0.2, 0) is 0 Å². The van der Waals surface area contributed by atoms with Crippen molar-refractivity contribution in [1.82, 2.24) is 0 Å². The normalized spacial score (nSPS) is 12.7. The predicted octanol–water partition coefficient (Wildman–Crippen LogP) is 4.99. The van der Waals surface area contributed by atoms with E-state index >= 15 is 0 Å². The van der Waals surface area contributed by atoms with Gasteiger partial charge in [-0.2, -0.15) is 10.5 Å². The summed E-state index contributed by atoms with van der Waals surface area (Å²) >= 11 is 6.94. The van der Waals surface area contributed by atoms with Crippen molar-refractivity contribution in [3.8, 4) is 23.3 Å². The largest absolute Gasteiger partial charge is 0.197 e. The molecular weight excluding hydrogens is 380 g/mol. The summed E-state index contributed by atoms with van der Waals surface area (Å²) in [5.74, 6) is -0.872. The van der Waals surface area contributed by atoms with Gasteiger partial charge >= 0.3 is 0 Å². The second-order valence-corrected chi connectivity index (χ2v) is 6.51. The first-order chi connectivity index (χ1) is 9.65. The van der Waals surface area contributed by atoms with Gasteiger partial charge in [0.1, 0.15) is 5.92 Å². The molecule has 96 valence electrons. The average Bonchev–Trinajstić information content (AvgIpc) is 2.74. The quantitative estimate of drug-likeness (QED) is 0.692. The molecule has 0 saturated heterocycles. The van der Waals surface area contributed by atoms with Crippen LogP contribution in [0.2, 0.25) is 0 Å². The highest BCUT2D eigenvalue weighted by Crippen LogP contribution is 2.49.